The second-order valence-corrected chi connectivity index (χ2v) is 3.30. The van der Waals surface area contributed by atoms with Crippen LogP contribution in [0, 0.1) is 11.8 Å². The van der Waals surface area contributed by atoms with Crippen molar-refractivity contribution >= 4 is 0 Å². The average Bonchev–Trinajstić information content (AvgIpc) is 1.88. The van der Waals surface area contributed by atoms with Crippen LogP contribution in [0.3, 0.4) is 0 Å². The first-order valence-corrected chi connectivity index (χ1v) is 4.42. The van der Waals surface area contributed by atoms with E-state index in [1.54, 1.807) is 0 Å². The molecule has 0 saturated carbocycles. The Morgan fingerprint density at radius 3 is 2.09 bits per heavy atom. The van der Waals surface area contributed by atoms with Gasteiger partial charge >= 0.3 is 0 Å². The van der Waals surface area contributed by atoms with Gasteiger partial charge in [0, 0.05) is 6.61 Å². The summed E-state index contributed by atoms with van der Waals surface area (Å²) in [5.74, 6) is 0.757. The Bertz CT molecular complexity index is 91.6. The fraction of sp³-hybridized carbons (Fsp3) is 1.00. The van der Waals surface area contributed by atoms with Gasteiger partial charge in [-0.2, -0.15) is 0 Å². The molecule has 0 aromatic carbocycles. The molecule has 0 fully saturated rings. The largest absolute Gasteiger partial charge is 0.396 e. The highest BCUT2D eigenvalue weighted by Crippen LogP contribution is 2.21. The number of hydrogen-bond acceptors (Lipinski definition) is 2. The number of rotatable bonds is 5. The standard InChI is InChI=1S/C9H20O2/c1-4-9(8(3)11)7(2)5-6-10/h7-11H,4-6H2,1-3H3. The first-order chi connectivity index (χ1) is 5.13. The fourth-order valence-electron chi connectivity index (χ4n) is 1.64. The molecule has 3 atom stereocenters. The van der Waals surface area contributed by atoms with Crippen LogP contribution >= 0.6 is 0 Å². The second-order valence-electron chi connectivity index (χ2n) is 3.30. The van der Waals surface area contributed by atoms with E-state index in [9.17, 15) is 5.11 Å². The third-order valence-electron chi connectivity index (χ3n) is 2.41. The van der Waals surface area contributed by atoms with Crippen molar-refractivity contribution in [3.05, 3.63) is 0 Å². The van der Waals surface area contributed by atoms with Crippen molar-refractivity contribution in [2.75, 3.05) is 6.61 Å². The minimum atomic E-state index is -0.249. The van der Waals surface area contributed by atoms with Crippen LogP contribution in [0.5, 0.6) is 0 Å². The van der Waals surface area contributed by atoms with Crippen molar-refractivity contribution in [3.63, 3.8) is 0 Å². The SMILES string of the molecule is CCC(C(C)O)C(C)CCO. The summed E-state index contributed by atoms with van der Waals surface area (Å²) in [6.07, 6.45) is 1.53. The summed E-state index contributed by atoms with van der Waals surface area (Å²) in [5, 5.41) is 18.0. The molecule has 3 unspecified atom stereocenters. The molecule has 0 radical (unpaired) electrons. The number of aliphatic hydroxyl groups is 2. The van der Waals surface area contributed by atoms with Crippen molar-refractivity contribution in [2.24, 2.45) is 11.8 Å². The van der Waals surface area contributed by atoms with Gasteiger partial charge in [0.25, 0.3) is 0 Å². The predicted molar refractivity (Wildman–Crippen MR) is 46.3 cm³/mol. The van der Waals surface area contributed by atoms with E-state index in [1.807, 2.05) is 6.92 Å². The van der Waals surface area contributed by atoms with Crippen LogP contribution in [-0.2, 0) is 0 Å². The zero-order chi connectivity index (χ0) is 8.85. The molecule has 2 N–H and O–H groups in total. The van der Waals surface area contributed by atoms with Crippen LogP contribution in [0.25, 0.3) is 0 Å². The van der Waals surface area contributed by atoms with Crippen LogP contribution in [-0.4, -0.2) is 22.9 Å². The summed E-state index contributed by atoms with van der Waals surface area (Å²) in [7, 11) is 0. The highest BCUT2D eigenvalue weighted by atomic mass is 16.3. The van der Waals surface area contributed by atoms with Gasteiger partial charge in [0.1, 0.15) is 0 Å². The lowest BCUT2D eigenvalue weighted by molar-refractivity contribution is 0.0798. The Morgan fingerprint density at radius 1 is 1.27 bits per heavy atom. The molecular weight excluding hydrogens is 140 g/mol. The maximum absolute atomic E-state index is 9.33. The highest BCUT2D eigenvalue weighted by molar-refractivity contribution is 4.69. The summed E-state index contributed by atoms with van der Waals surface area (Å²) in [6.45, 7) is 6.20. The first kappa shape index (κ1) is 10.9. The minimum Gasteiger partial charge on any atom is -0.396 e. The van der Waals surface area contributed by atoms with Gasteiger partial charge in [-0.25, -0.2) is 0 Å². The molecule has 0 heterocycles. The van der Waals surface area contributed by atoms with Gasteiger partial charge in [-0.15, -0.1) is 0 Å². The number of aliphatic hydroxyl groups excluding tert-OH is 2. The topological polar surface area (TPSA) is 40.5 Å². The van der Waals surface area contributed by atoms with E-state index in [-0.39, 0.29) is 12.7 Å². The Kier molecular flexibility index (Phi) is 5.51. The third-order valence-corrected chi connectivity index (χ3v) is 2.41. The highest BCUT2D eigenvalue weighted by Gasteiger charge is 2.19. The predicted octanol–water partition coefficient (Wildman–Crippen LogP) is 1.41. The van der Waals surface area contributed by atoms with E-state index in [0.29, 0.717) is 11.8 Å². The molecule has 0 spiro atoms. The van der Waals surface area contributed by atoms with Crippen LogP contribution in [0.4, 0.5) is 0 Å². The average molecular weight is 160 g/mol. The first-order valence-electron chi connectivity index (χ1n) is 4.42. The summed E-state index contributed by atoms with van der Waals surface area (Å²) in [6, 6.07) is 0. The molecule has 2 nitrogen and oxygen atoms in total. The van der Waals surface area contributed by atoms with Gasteiger partial charge < -0.3 is 10.2 Å². The van der Waals surface area contributed by atoms with Gasteiger partial charge in [-0.1, -0.05) is 20.3 Å². The quantitative estimate of drug-likeness (QED) is 0.638. The molecular formula is C9H20O2. The van der Waals surface area contributed by atoms with Crippen molar-refractivity contribution in [1.29, 1.82) is 0 Å². The molecule has 0 aromatic rings. The lowest BCUT2D eigenvalue weighted by atomic mass is 9.85. The van der Waals surface area contributed by atoms with E-state index in [1.165, 1.54) is 0 Å². The molecule has 0 amide bonds. The molecule has 0 aliphatic rings. The smallest absolute Gasteiger partial charge is 0.0542 e. The Balaban J connectivity index is 3.81. The molecule has 0 rings (SSSR count). The van der Waals surface area contributed by atoms with Crippen LogP contribution in [0.1, 0.15) is 33.6 Å². The molecule has 2 heteroatoms. The summed E-state index contributed by atoms with van der Waals surface area (Å²) < 4.78 is 0. The number of hydrogen-bond donors (Lipinski definition) is 2. The second kappa shape index (κ2) is 5.56. The van der Waals surface area contributed by atoms with Crippen molar-refractivity contribution in [2.45, 2.75) is 39.7 Å². The van der Waals surface area contributed by atoms with Gasteiger partial charge in [0.15, 0.2) is 0 Å². The molecule has 0 aliphatic heterocycles. The molecule has 0 aliphatic carbocycles. The van der Waals surface area contributed by atoms with Crippen LogP contribution in [0.15, 0.2) is 0 Å². The summed E-state index contributed by atoms with van der Waals surface area (Å²) in [4.78, 5) is 0. The Hall–Kier alpha value is -0.0800. The van der Waals surface area contributed by atoms with Gasteiger partial charge in [0.2, 0.25) is 0 Å². The normalized spacial score (nSPS) is 19.4. The third kappa shape index (κ3) is 3.73. The maximum Gasteiger partial charge on any atom is 0.0542 e. The minimum absolute atomic E-state index is 0.227. The molecule has 0 aromatic heterocycles. The van der Waals surface area contributed by atoms with Crippen LogP contribution < -0.4 is 0 Å². The van der Waals surface area contributed by atoms with Crippen molar-refractivity contribution in [1.82, 2.24) is 0 Å². The van der Waals surface area contributed by atoms with Gasteiger partial charge in [-0.3, -0.25) is 0 Å². The maximum atomic E-state index is 9.33. The van der Waals surface area contributed by atoms with E-state index in [2.05, 4.69) is 13.8 Å². The van der Waals surface area contributed by atoms with Crippen molar-refractivity contribution in [3.8, 4) is 0 Å². The molecule has 11 heavy (non-hydrogen) atoms. The van der Waals surface area contributed by atoms with Gasteiger partial charge in [0.05, 0.1) is 6.10 Å². The zero-order valence-electron chi connectivity index (χ0n) is 7.75. The van der Waals surface area contributed by atoms with E-state index >= 15 is 0 Å². The fourth-order valence-corrected chi connectivity index (χ4v) is 1.64. The summed E-state index contributed by atoms with van der Waals surface area (Å²) in [5.41, 5.74) is 0. The van der Waals surface area contributed by atoms with Gasteiger partial charge in [-0.05, 0) is 25.2 Å². The zero-order valence-corrected chi connectivity index (χ0v) is 7.75. The van der Waals surface area contributed by atoms with E-state index in [4.69, 9.17) is 5.11 Å². The Labute approximate surface area is 69.2 Å². The van der Waals surface area contributed by atoms with E-state index in [0.717, 1.165) is 12.8 Å². The van der Waals surface area contributed by atoms with Crippen LogP contribution in [0.2, 0.25) is 0 Å². The lowest BCUT2D eigenvalue weighted by Gasteiger charge is -2.24. The lowest BCUT2D eigenvalue weighted by Crippen LogP contribution is -2.23. The van der Waals surface area contributed by atoms with E-state index < -0.39 is 0 Å². The molecule has 0 bridgehead atoms. The van der Waals surface area contributed by atoms with Crippen molar-refractivity contribution < 1.29 is 10.2 Å². The Morgan fingerprint density at radius 2 is 1.82 bits per heavy atom. The monoisotopic (exact) mass is 160 g/mol. The molecule has 68 valence electrons. The molecule has 0 saturated heterocycles. The summed E-state index contributed by atoms with van der Waals surface area (Å²) >= 11 is 0.